The summed E-state index contributed by atoms with van der Waals surface area (Å²) in [5.74, 6) is 0.324. The lowest BCUT2D eigenvalue weighted by molar-refractivity contribution is -0.897. The maximum atomic E-state index is 12.2. The first kappa shape index (κ1) is 19.8. The zero-order chi connectivity index (χ0) is 19.2. The molecule has 1 saturated heterocycles. The maximum Gasteiger partial charge on any atom is 0.275 e. The van der Waals surface area contributed by atoms with Gasteiger partial charge in [0.25, 0.3) is 5.91 Å². The Kier molecular flexibility index (Phi) is 6.79. The molecule has 27 heavy (non-hydrogen) atoms. The molecular formula is C20H29N4O2S+. The Labute approximate surface area is 164 Å². The van der Waals surface area contributed by atoms with Gasteiger partial charge in [0.2, 0.25) is 5.91 Å². The van der Waals surface area contributed by atoms with E-state index in [1.165, 1.54) is 14.6 Å². The van der Waals surface area contributed by atoms with Crippen LogP contribution in [0.4, 0.5) is 0 Å². The van der Waals surface area contributed by atoms with E-state index in [0.717, 1.165) is 37.9 Å². The second-order valence-corrected chi connectivity index (χ2v) is 8.36. The van der Waals surface area contributed by atoms with Gasteiger partial charge in [0.1, 0.15) is 6.04 Å². The van der Waals surface area contributed by atoms with E-state index in [2.05, 4.69) is 28.8 Å². The van der Waals surface area contributed by atoms with Crippen LogP contribution in [-0.4, -0.2) is 49.0 Å². The van der Waals surface area contributed by atoms with Crippen LogP contribution in [0.1, 0.15) is 44.0 Å². The second kappa shape index (κ2) is 9.28. The maximum absolute atomic E-state index is 12.2. The SMILES string of the molecule is CCCNC(=O)[C@@H](C)NC(=O)C[NH+]1CCC(c2nc3ccccc3s2)CC1. The Bertz CT molecular complexity index is 750. The number of quaternary nitrogens is 1. The third-order valence-electron chi connectivity index (χ3n) is 5.08. The van der Waals surface area contributed by atoms with Gasteiger partial charge in [-0.3, -0.25) is 9.59 Å². The lowest BCUT2D eigenvalue weighted by Gasteiger charge is -2.28. The van der Waals surface area contributed by atoms with Gasteiger partial charge in [0.05, 0.1) is 28.3 Å². The average molecular weight is 390 g/mol. The average Bonchev–Trinajstić information content (AvgIpc) is 3.10. The van der Waals surface area contributed by atoms with Crippen molar-refractivity contribution in [1.29, 1.82) is 0 Å². The number of benzene rings is 1. The molecule has 1 aromatic heterocycles. The molecule has 2 aromatic rings. The van der Waals surface area contributed by atoms with Crippen LogP contribution in [0.3, 0.4) is 0 Å². The number of piperidine rings is 1. The zero-order valence-corrected chi connectivity index (χ0v) is 16.9. The Hall–Kier alpha value is -1.99. The summed E-state index contributed by atoms with van der Waals surface area (Å²) in [6.07, 6.45) is 2.99. The number of hydrogen-bond acceptors (Lipinski definition) is 4. The van der Waals surface area contributed by atoms with Crippen molar-refractivity contribution in [2.45, 2.75) is 45.1 Å². The van der Waals surface area contributed by atoms with Gasteiger partial charge < -0.3 is 15.5 Å². The molecule has 0 bridgehead atoms. The minimum absolute atomic E-state index is 0.0532. The van der Waals surface area contributed by atoms with E-state index in [0.29, 0.717) is 19.0 Å². The number of rotatable bonds is 7. The molecule has 1 aliphatic rings. The van der Waals surface area contributed by atoms with Crippen molar-refractivity contribution in [3.63, 3.8) is 0 Å². The van der Waals surface area contributed by atoms with Gasteiger partial charge in [-0.05, 0) is 25.5 Å². The number of carbonyl (C=O) groups excluding carboxylic acids is 2. The lowest BCUT2D eigenvalue weighted by atomic mass is 9.97. The zero-order valence-electron chi connectivity index (χ0n) is 16.1. The molecule has 7 heteroatoms. The number of amides is 2. The number of nitrogens with zero attached hydrogens (tertiary/aromatic N) is 1. The van der Waals surface area contributed by atoms with Gasteiger partial charge in [-0.2, -0.15) is 0 Å². The van der Waals surface area contributed by atoms with Crippen LogP contribution in [-0.2, 0) is 9.59 Å². The fourth-order valence-corrected chi connectivity index (χ4v) is 4.64. The molecule has 0 radical (unpaired) electrons. The van der Waals surface area contributed by atoms with Gasteiger partial charge in [0.15, 0.2) is 6.54 Å². The van der Waals surface area contributed by atoms with Crippen LogP contribution < -0.4 is 15.5 Å². The number of nitrogens with one attached hydrogen (secondary N) is 3. The number of thiazole rings is 1. The normalized spacial score (nSPS) is 21.0. The molecule has 0 unspecified atom stereocenters. The molecule has 6 nitrogen and oxygen atoms in total. The summed E-state index contributed by atoms with van der Waals surface area (Å²) >= 11 is 1.79. The van der Waals surface area contributed by atoms with Gasteiger partial charge >= 0.3 is 0 Å². The molecule has 3 rings (SSSR count). The van der Waals surface area contributed by atoms with Crippen LogP contribution in [0.25, 0.3) is 10.2 Å². The summed E-state index contributed by atoms with van der Waals surface area (Å²) in [6, 6.07) is 7.79. The van der Waals surface area contributed by atoms with Crippen LogP contribution in [0.5, 0.6) is 0 Å². The van der Waals surface area contributed by atoms with Crippen molar-refractivity contribution >= 4 is 33.4 Å². The minimum atomic E-state index is -0.483. The summed E-state index contributed by atoms with van der Waals surface area (Å²) in [5.41, 5.74) is 1.09. The summed E-state index contributed by atoms with van der Waals surface area (Å²) in [5, 5.41) is 6.85. The second-order valence-electron chi connectivity index (χ2n) is 7.30. The van der Waals surface area contributed by atoms with Gasteiger partial charge in [-0.15, -0.1) is 11.3 Å². The quantitative estimate of drug-likeness (QED) is 0.664. The minimum Gasteiger partial charge on any atom is -0.354 e. The highest BCUT2D eigenvalue weighted by atomic mass is 32.1. The monoisotopic (exact) mass is 389 g/mol. The number of aromatic nitrogens is 1. The molecule has 3 N–H and O–H groups in total. The molecule has 1 fully saturated rings. The molecule has 1 aromatic carbocycles. The summed E-state index contributed by atoms with van der Waals surface area (Å²) in [4.78, 5) is 30.2. The number of para-hydroxylation sites is 1. The van der Waals surface area contributed by atoms with E-state index in [1.807, 2.05) is 13.0 Å². The predicted octanol–water partition coefficient (Wildman–Crippen LogP) is 1.09. The molecule has 1 atom stereocenters. The largest absolute Gasteiger partial charge is 0.354 e. The lowest BCUT2D eigenvalue weighted by Crippen LogP contribution is -3.14. The molecule has 0 spiro atoms. The van der Waals surface area contributed by atoms with E-state index in [4.69, 9.17) is 4.98 Å². The van der Waals surface area contributed by atoms with Crippen LogP contribution in [0, 0.1) is 0 Å². The number of carbonyl (C=O) groups is 2. The number of hydrogen-bond donors (Lipinski definition) is 3. The Morgan fingerprint density at radius 1 is 1.30 bits per heavy atom. The first-order valence-corrected chi connectivity index (χ1v) is 10.6. The fourth-order valence-electron chi connectivity index (χ4n) is 3.50. The van der Waals surface area contributed by atoms with Crippen LogP contribution in [0.2, 0.25) is 0 Å². The van der Waals surface area contributed by atoms with E-state index in [1.54, 1.807) is 18.3 Å². The highest BCUT2D eigenvalue weighted by Crippen LogP contribution is 2.31. The van der Waals surface area contributed by atoms with Crippen molar-refractivity contribution < 1.29 is 14.5 Å². The highest BCUT2D eigenvalue weighted by Gasteiger charge is 2.27. The molecule has 2 amide bonds. The number of likely N-dealkylation sites (tertiary alicyclic amines) is 1. The molecular weight excluding hydrogens is 360 g/mol. The Morgan fingerprint density at radius 2 is 2.04 bits per heavy atom. The molecule has 146 valence electrons. The first-order valence-electron chi connectivity index (χ1n) is 9.83. The van der Waals surface area contributed by atoms with E-state index >= 15 is 0 Å². The summed E-state index contributed by atoms with van der Waals surface area (Å²) < 4.78 is 1.25. The molecule has 0 aliphatic carbocycles. The van der Waals surface area contributed by atoms with Crippen molar-refractivity contribution in [1.82, 2.24) is 15.6 Å². The van der Waals surface area contributed by atoms with Crippen molar-refractivity contribution in [3.8, 4) is 0 Å². The summed E-state index contributed by atoms with van der Waals surface area (Å²) in [7, 11) is 0. The Balaban J connectivity index is 1.45. The Morgan fingerprint density at radius 3 is 2.74 bits per heavy atom. The van der Waals surface area contributed by atoms with E-state index in [-0.39, 0.29) is 11.8 Å². The van der Waals surface area contributed by atoms with Crippen LogP contribution in [0.15, 0.2) is 24.3 Å². The fraction of sp³-hybridized carbons (Fsp3) is 0.550. The third kappa shape index (κ3) is 5.26. The number of fused-ring (bicyclic) bond motifs is 1. The third-order valence-corrected chi connectivity index (χ3v) is 6.28. The van der Waals surface area contributed by atoms with E-state index < -0.39 is 6.04 Å². The van der Waals surface area contributed by atoms with Crippen molar-refractivity contribution in [3.05, 3.63) is 29.3 Å². The molecule has 1 aliphatic heterocycles. The smallest absolute Gasteiger partial charge is 0.275 e. The molecule has 2 heterocycles. The summed E-state index contributed by atoms with van der Waals surface area (Å²) in [6.45, 7) is 6.73. The molecule has 0 saturated carbocycles. The van der Waals surface area contributed by atoms with E-state index in [9.17, 15) is 9.59 Å². The van der Waals surface area contributed by atoms with Gasteiger partial charge in [-0.1, -0.05) is 19.1 Å². The first-order chi connectivity index (χ1) is 13.1. The highest BCUT2D eigenvalue weighted by molar-refractivity contribution is 7.18. The van der Waals surface area contributed by atoms with Crippen LogP contribution >= 0.6 is 11.3 Å². The predicted molar refractivity (Wildman–Crippen MR) is 108 cm³/mol. The van der Waals surface area contributed by atoms with Gasteiger partial charge in [0, 0.05) is 25.3 Å². The van der Waals surface area contributed by atoms with Crippen molar-refractivity contribution in [2.75, 3.05) is 26.2 Å². The standard InChI is InChI=1S/C20H28N4O2S/c1-3-10-21-19(26)14(2)22-18(25)13-24-11-8-15(9-12-24)20-23-16-6-4-5-7-17(16)27-20/h4-7,14-15H,3,8-13H2,1-2H3,(H,21,26)(H,22,25)/p+1/t14-/m1/s1. The topological polar surface area (TPSA) is 75.5 Å². The van der Waals surface area contributed by atoms with Gasteiger partial charge in [-0.25, -0.2) is 4.98 Å². The van der Waals surface area contributed by atoms with Crippen molar-refractivity contribution in [2.24, 2.45) is 0 Å².